The average molecular weight is 229 g/mol. The lowest BCUT2D eigenvalue weighted by Gasteiger charge is -2.42. The van der Waals surface area contributed by atoms with Crippen molar-refractivity contribution in [2.75, 3.05) is 6.61 Å². The van der Waals surface area contributed by atoms with Gasteiger partial charge in [0, 0.05) is 6.04 Å². The van der Waals surface area contributed by atoms with Crippen molar-refractivity contribution in [3.05, 3.63) is 48.0 Å². The molecule has 0 aromatic heterocycles. The highest BCUT2D eigenvalue weighted by Gasteiger charge is 2.41. The summed E-state index contributed by atoms with van der Waals surface area (Å²) in [5, 5.41) is 13.1. The fourth-order valence-corrected chi connectivity index (χ4v) is 3.11. The highest BCUT2D eigenvalue weighted by molar-refractivity contribution is 5.20. The van der Waals surface area contributed by atoms with Gasteiger partial charge in [-0.05, 0) is 30.2 Å². The van der Waals surface area contributed by atoms with E-state index in [4.69, 9.17) is 0 Å². The van der Waals surface area contributed by atoms with Crippen LogP contribution in [0, 0.1) is 11.8 Å². The molecule has 1 aromatic rings. The Bertz CT molecular complexity index is 401. The van der Waals surface area contributed by atoms with Crippen LogP contribution in [0.2, 0.25) is 0 Å². The molecule has 2 N–H and O–H groups in total. The minimum atomic E-state index is 0.0798. The van der Waals surface area contributed by atoms with Crippen molar-refractivity contribution in [2.24, 2.45) is 11.8 Å². The first kappa shape index (κ1) is 11.0. The first-order chi connectivity index (χ1) is 8.38. The average Bonchev–Trinajstić information content (AvgIpc) is 2.73. The quantitative estimate of drug-likeness (QED) is 0.776. The number of benzene rings is 1. The number of aliphatic hydroxyl groups excluding tert-OH is 1. The van der Waals surface area contributed by atoms with E-state index in [1.54, 1.807) is 0 Å². The Morgan fingerprint density at radius 2 is 2.12 bits per heavy atom. The van der Waals surface area contributed by atoms with Crippen molar-refractivity contribution in [1.29, 1.82) is 0 Å². The van der Waals surface area contributed by atoms with Gasteiger partial charge in [-0.1, -0.05) is 42.5 Å². The summed E-state index contributed by atoms with van der Waals surface area (Å²) in [6.07, 6.45) is 7.14. The number of aliphatic hydroxyl groups is 1. The van der Waals surface area contributed by atoms with Crippen molar-refractivity contribution in [2.45, 2.75) is 24.9 Å². The van der Waals surface area contributed by atoms with Crippen LogP contribution in [0.1, 0.15) is 24.4 Å². The zero-order valence-corrected chi connectivity index (χ0v) is 9.92. The van der Waals surface area contributed by atoms with E-state index < -0.39 is 0 Å². The third-order valence-corrected chi connectivity index (χ3v) is 4.16. The lowest BCUT2D eigenvalue weighted by molar-refractivity contribution is 0.129. The Balaban J connectivity index is 1.65. The maximum atomic E-state index is 9.51. The van der Waals surface area contributed by atoms with Gasteiger partial charge in [-0.15, -0.1) is 0 Å². The second kappa shape index (κ2) is 4.63. The molecular formula is C15H19NO. The third kappa shape index (κ3) is 2.03. The second-order valence-corrected chi connectivity index (χ2v) is 5.16. The van der Waals surface area contributed by atoms with Crippen LogP contribution >= 0.6 is 0 Å². The lowest BCUT2D eigenvalue weighted by Crippen LogP contribution is -2.49. The molecule has 4 atom stereocenters. The van der Waals surface area contributed by atoms with Crippen LogP contribution in [-0.4, -0.2) is 17.8 Å². The summed E-state index contributed by atoms with van der Waals surface area (Å²) >= 11 is 0. The Morgan fingerprint density at radius 1 is 1.29 bits per heavy atom. The lowest BCUT2D eigenvalue weighted by atomic mass is 9.71. The van der Waals surface area contributed by atoms with Gasteiger partial charge in [0.1, 0.15) is 0 Å². The molecule has 1 saturated carbocycles. The molecule has 0 saturated heterocycles. The molecule has 0 spiro atoms. The zero-order chi connectivity index (χ0) is 11.7. The normalized spacial score (nSPS) is 31.9. The molecule has 0 aliphatic heterocycles. The molecule has 2 nitrogen and oxygen atoms in total. The molecule has 90 valence electrons. The van der Waals surface area contributed by atoms with Gasteiger partial charge >= 0.3 is 0 Å². The topological polar surface area (TPSA) is 32.3 Å². The fourth-order valence-electron chi connectivity index (χ4n) is 3.11. The summed E-state index contributed by atoms with van der Waals surface area (Å²) in [6.45, 7) is 0.168. The number of nitrogens with one attached hydrogen (secondary N) is 1. The molecule has 3 unspecified atom stereocenters. The van der Waals surface area contributed by atoms with E-state index >= 15 is 0 Å². The van der Waals surface area contributed by atoms with Crippen molar-refractivity contribution in [1.82, 2.24) is 5.32 Å². The zero-order valence-electron chi connectivity index (χ0n) is 9.92. The summed E-state index contributed by atoms with van der Waals surface area (Å²) in [7, 11) is 0. The maximum absolute atomic E-state index is 9.51. The van der Waals surface area contributed by atoms with Crippen molar-refractivity contribution in [3.63, 3.8) is 0 Å². The summed E-state index contributed by atoms with van der Waals surface area (Å²) in [6, 6.07) is 10.9. The largest absolute Gasteiger partial charge is 0.394 e. The maximum Gasteiger partial charge on any atom is 0.0626 e. The molecule has 2 aliphatic rings. The molecule has 0 amide bonds. The molecule has 0 radical (unpaired) electrons. The van der Waals surface area contributed by atoms with E-state index in [-0.39, 0.29) is 12.6 Å². The Hall–Kier alpha value is -1.12. The minimum absolute atomic E-state index is 0.0798. The standard InChI is InChI=1S/C15H19NO/c17-10-15(11-5-2-1-3-6-11)16-14-9-12-7-4-8-13(12)14/h1-6,8,12-17H,7,9-10H2/t12?,13?,14?,15-/m1/s1. The van der Waals surface area contributed by atoms with Gasteiger partial charge in [0.25, 0.3) is 0 Å². The van der Waals surface area contributed by atoms with Crippen LogP contribution in [-0.2, 0) is 0 Å². The fraction of sp³-hybridized carbons (Fsp3) is 0.467. The predicted octanol–water partition coefficient (Wildman–Crippen LogP) is 2.27. The Labute approximate surface area is 102 Å². The summed E-state index contributed by atoms with van der Waals surface area (Å²) in [5.74, 6) is 1.57. The van der Waals surface area contributed by atoms with Gasteiger partial charge < -0.3 is 10.4 Å². The van der Waals surface area contributed by atoms with Crippen molar-refractivity contribution in [3.8, 4) is 0 Å². The van der Waals surface area contributed by atoms with Crippen LogP contribution in [0.25, 0.3) is 0 Å². The van der Waals surface area contributed by atoms with Gasteiger partial charge in [0.15, 0.2) is 0 Å². The number of fused-ring (bicyclic) bond motifs is 1. The molecule has 0 heterocycles. The SMILES string of the molecule is OC[C@@H](NC1CC2CC=CC21)c1ccccc1. The van der Waals surface area contributed by atoms with Gasteiger partial charge in [0.05, 0.1) is 12.6 Å². The number of hydrogen-bond acceptors (Lipinski definition) is 2. The van der Waals surface area contributed by atoms with E-state index in [2.05, 4.69) is 29.6 Å². The highest BCUT2D eigenvalue weighted by atomic mass is 16.3. The molecule has 1 fully saturated rings. The predicted molar refractivity (Wildman–Crippen MR) is 68.5 cm³/mol. The second-order valence-electron chi connectivity index (χ2n) is 5.16. The van der Waals surface area contributed by atoms with E-state index in [1.807, 2.05) is 18.2 Å². The van der Waals surface area contributed by atoms with E-state index in [0.717, 1.165) is 5.92 Å². The smallest absolute Gasteiger partial charge is 0.0626 e. The third-order valence-electron chi connectivity index (χ3n) is 4.16. The molecule has 0 bridgehead atoms. The number of hydrogen-bond donors (Lipinski definition) is 2. The van der Waals surface area contributed by atoms with Gasteiger partial charge in [-0.3, -0.25) is 0 Å². The molecule has 2 aliphatic carbocycles. The van der Waals surface area contributed by atoms with Crippen LogP contribution in [0.4, 0.5) is 0 Å². The van der Waals surface area contributed by atoms with Crippen molar-refractivity contribution >= 4 is 0 Å². The first-order valence-corrected chi connectivity index (χ1v) is 6.47. The van der Waals surface area contributed by atoms with E-state index in [0.29, 0.717) is 12.0 Å². The first-order valence-electron chi connectivity index (χ1n) is 6.47. The summed E-state index contributed by atoms with van der Waals surface area (Å²) in [5.41, 5.74) is 1.18. The number of rotatable bonds is 4. The summed E-state index contributed by atoms with van der Waals surface area (Å²) in [4.78, 5) is 0. The van der Waals surface area contributed by atoms with Crippen molar-refractivity contribution < 1.29 is 5.11 Å². The molecule has 2 heteroatoms. The Morgan fingerprint density at radius 3 is 2.82 bits per heavy atom. The van der Waals surface area contributed by atoms with Crippen LogP contribution in [0.3, 0.4) is 0 Å². The highest BCUT2D eigenvalue weighted by Crippen LogP contribution is 2.43. The molecule has 17 heavy (non-hydrogen) atoms. The van der Waals surface area contributed by atoms with Gasteiger partial charge in [-0.2, -0.15) is 0 Å². The van der Waals surface area contributed by atoms with Gasteiger partial charge in [0.2, 0.25) is 0 Å². The minimum Gasteiger partial charge on any atom is -0.394 e. The Kier molecular flexibility index (Phi) is 3.00. The summed E-state index contributed by atoms with van der Waals surface area (Å²) < 4.78 is 0. The van der Waals surface area contributed by atoms with E-state index in [9.17, 15) is 5.11 Å². The van der Waals surface area contributed by atoms with Gasteiger partial charge in [-0.25, -0.2) is 0 Å². The molecule has 1 aromatic carbocycles. The van der Waals surface area contributed by atoms with Crippen LogP contribution in [0.15, 0.2) is 42.5 Å². The number of allylic oxidation sites excluding steroid dienone is 1. The molecular weight excluding hydrogens is 210 g/mol. The monoisotopic (exact) mass is 229 g/mol. The van der Waals surface area contributed by atoms with Crippen LogP contribution < -0.4 is 5.32 Å². The van der Waals surface area contributed by atoms with E-state index in [1.165, 1.54) is 18.4 Å². The molecule has 3 rings (SSSR count). The van der Waals surface area contributed by atoms with Crippen LogP contribution in [0.5, 0.6) is 0 Å².